The number of nitrogens with one attached hydrogen (secondary N) is 4. The molecule has 1 aliphatic rings. The van der Waals surface area contributed by atoms with Crippen LogP contribution in [0.15, 0.2) is 47.9 Å². The molecule has 3 amide bonds. The molecule has 6 N–H and O–H groups in total. The fourth-order valence-corrected chi connectivity index (χ4v) is 4.10. The second-order valence-corrected chi connectivity index (χ2v) is 8.76. The average Bonchev–Trinajstić information content (AvgIpc) is 3.31. The number of amides is 3. The van der Waals surface area contributed by atoms with Crippen molar-refractivity contribution in [1.29, 1.82) is 0 Å². The summed E-state index contributed by atoms with van der Waals surface area (Å²) >= 11 is 1.06. The number of benzene rings is 1. The summed E-state index contributed by atoms with van der Waals surface area (Å²) in [5.74, 6) is -4.42. The molecule has 13 heteroatoms. The van der Waals surface area contributed by atoms with Crippen molar-refractivity contribution < 1.29 is 34.2 Å². The molecule has 0 spiro atoms. The van der Waals surface area contributed by atoms with Crippen molar-refractivity contribution in [3.05, 3.63) is 59.1 Å². The van der Waals surface area contributed by atoms with Crippen LogP contribution >= 0.6 is 11.3 Å². The van der Waals surface area contributed by atoms with Crippen LogP contribution in [0, 0.1) is 0 Å². The van der Waals surface area contributed by atoms with Crippen LogP contribution < -0.4 is 21.3 Å². The topological polar surface area (TPSA) is 187 Å². The number of carboxylic acid groups (broad SMARTS) is 2. The number of carboxylic acids is 2. The van der Waals surface area contributed by atoms with E-state index in [0.29, 0.717) is 0 Å². The van der Waals surface area contributed by atoms with E-state index < -0.39 is 54.3 Å². The van der Waals surface area contributed by atoms with Crippen LogP contribution in [0.1, 0.15) is 28.9 Å². The highest BCUT2D eigenvalue weighted by Crippen LogP contribution is 2.19. The van der Waals surface area contributed by atoms with Crippen LogP contribution in [0.5, 0.6) is 0 Å². The number of thiazole rings is 1. The zero-order chi connectivity index (χ0) is 26.1. The smallest absolute Gasteiger partial charge is 0.326 e. The lowest BCUT2D eigenvalue weighted by Crippen LogP contribution is -2.52. The molecule has 2 bridgehead atoms. The summed E-state index contributed by atoms with van der Waals surface area (Å²) in [5.41, 5.74) is 0.825. The first-order valence-corrected chi connectivity index (χ1v) is 11.9. The molecule has 0 radical (unpaired) electrons. The van der Waals surface area contributed by atoms with Crippen molar-refractivity contribution in [3.63, 3.8) is 0 Å². The van der Waals surface area contributed by atoms with E-state index in [-0.39, 0.29) is 30.1 Å². The van der Waals surface area contributed by atoms with E-state index in [9.17, 15) is 29.1 Å². The standard InChI is InChI=1S/C23H25N5O7S/c29-18(30)11-24-19(31)14-8-4-5-9-15(22(34)35)26-21(33)17-12-36-23(28-17)27-16(20(32)25-14)10-13-6-2-1-3-7-13/h1-7,12,14-16H,8-11H2,(H,24,31)(H,25,32)(H,26,33)(H,27,28)(H,29,30)(H,34,35)/b5-4+. The van der Waals surface area contributed by atoms with Gasteiger partial charge in [-0.1, -0.05) is 42.5 Å². The third kappa shape index (κ3) is 7.63. The zero-order valence-corrected chi connectivity index (χ0v) is 19.8. The number of fused-ring (bicyclic) bond motifs is 2. The van der Waals surface area contributed by atoms with Crippen LogP contribution in [-0.2, 0) is 25.6 Å². The summed E-state index contributed by atoms with van der Waals surface area (Å²) in [6.07, 6.45) is 3.08. The quantitative estimate of drug-likeness (QED) is 0.296. The molecule has 0 saturated carbocycles. The minimum absolute atomic E-state index is 0.00241. The molecular weight excluding hydrogens is 490 g/mol. The minimum atomic E-state index is -1.25. The Labute approximate surface area is 209 Å². The van der Waals surface area contributed by atoms with Crippen LogP contribution in [-0.4, -0.2) is 69.5 Å². The van der Waals surface area contributed by atoms with Crippen molar-refractivity contribution in [1.82, 2.24) is 20.9 Å². The van der Waals surface area contributed by atoms with Crippen molar-refractivity contribution in [2.45, 2.75) is 37.4 Å². The lowest BCUT2D eigenvalue weighted by atomic mass is 10.0. The van der Waals surface area contributed by atoms with Crippen molar-refractivity contribution in [3.8, 4) is 0 Å². The number of anilines is 1. The number of nitrogens with zero attached hydrogens (tertiary/aromatic N) is 1. The summed E-state index contributed by atoms with van der Waals surface area (Å²) in [6, 6.07) is 5.88. The van der Waals surface area contributed by atoms with E-state index in [0.717, 1.165) is 16.9 Å². The normalized spacial score (nSPS) is 21.5. The van der Waals surface area contributed by atoms with Gasteiger partial charge >= 0.3 is 11.9 Å². The van der Waals surface area contributed by atoms with Gasteiger partial charge in [0.15, 0.2) is 5.13 Å². The van der Waals surface area contributed by atoms with Gasteiger partial charge in [0.2, 0.25) is 11.8 Å². The molecular formula is C23H25N5O7S. The first-order chi connectivity index (χ1) is 17.2. The van der Waals surface area contributed by atoms with Crippen LogP contribution in [0.25, 0.3) is 0 Å². The van der Waals surface area contributed by atoms with Crippen LogP contribution in [0.2, 0.25) is 0 Å². The maximum atomic E-state index is 13.3. The Bertz CT molecular complexity index is 1150. The fraction of sp³-hybridized carbons (Fsp3) is 0.304. The van der Waals surface area contributed by atoms with Gasteiger partial charge in [-0.3, -0.25) is 19.2 Å². The first kappa shape index (κ1) is 26.3. The zero-order valence-electron chi connectivity index (χ0n) is 19.0. The summed E-state index contributed by atoms with van der Waals surface area (Å²) in [6.45, 7) is -0.629. The maximum Gasteiger partial charge on any atom is 0.326 e. The molecule has 3 unspecified atom stereocenters. The van der Waals surface area contributed by atoms with Gasteiger partial charge in [0.1, 0.15) is 30.4 Å². The Hall–Kier alpha value is -4.26. The third-order valence-corrected chi connectivity index (χ3v) is 5.97. The highest BCUT2D eigenvalue weighted by molar-refractivity contribution is 7.13. The molecule has 1 aliphatic heterocycles. The van der Waals surface area contributed by atoms with E-state index >= 15 is 0 Å². The molecule has 1 aromatic carbocycles. The number of rotatable bonds is 6. The van der Waals surface area contributed by atoms with Crippen molar-refractivity contribution >= 4 is 46.1 Å². The first-order valence-electron chi connectivity index (χ1n) is 11.0. The predicted molar refractivity (Wildman–Crippen MR) is 130 cm³/mol. The molecule has 3 atom stereocenters. The van der Waals surface area contributed by atoms with Gasteiger partial charge in [-0.15, -0.1) is 11.3 Å². The van der Waals surface area contributed by atoms with E-state index in [1.807, 2.05) is 30.3 Å². The molecule has 2 aromatic rings. The minimum Gasteiger partial charge on any atom is -0.480 e. The molecule has 12 nitrogen and oxygen atoms in total. The number of aliphatic carboxylic acids is 2. The molecule has 3 rings (SSSR count). The van der Waals surface area contributed by atoms with Gasteiger partial charge in [-0.2, -0.15) is 0 Å². The summed E-state index contributed by atoms with van der Waals surface area (Å²) in [4.78, 5) is 65.1. The van der Waals surface area contributed by atoms with Crippen molar-refractivity contribution in [2.75, 3.05) is 11.9 Å². The lowest BCUT2D eigenvalue weighted by Gasteiger charge is -2.22. The van der Waals surface area contributed by atoms with Gasteiger partial charge in [0, 0.05) is 11.8 Å². The average molecular weight is 516 g/mol. The SMILES string of the molecule is O=C(O)CNC(=O)C1C/C=C/CC(C(=O)O)NC(=O)c2csc(n2)NC(Cc2ccccc2)C(=O)N1. The second-order valence-electron chi connectivity index (χ2n) is 7.90. The Morgan fingerprint density at radius 1 is 1.00 bits per heavy atom. The monoisotopic (exact) mass is 515 g/mol. The molecule has 36 heavy (non-hydrogen) atoms. The van der Waals surface area contributed by atoms with Crippen LogP contribution in [0.4, 0.5) is 5.13 Å². The van der Waals surface area contributed by atoms with Gasteiger partial charge < -0.3 is 31.5 Å². The maximum absolute atomic E-state index is 13.3. The van der Waals surface area contributed by atoms with E-state index in [2.05, 4.69) is 26.3 Å². The highest BCUT2D eigenvalue weighted by Gasteiger charge is 2.27. The number of hydrogen-bond acceptors (Lipinski definition) is 8. The van der Waals surface area contributed by atoms with Gasteiger partial charge in [-0.25, -0.2) is 9.78 Å². The van der Waals surface area contributed by atoms with Gasteiger partial charge in [-0.05, 0) is 18.4 Å². The fourth-order valence-electron chi connectivity index (χ4n) is 3.36. The molecule has 1 aromatic heterocycles. The third-order valence-electron chi connectivity index (χ3n) is 5.19. The van der Waals surface area contributed by atoms with E-state index in [1.165, 1.54) is 17.5 Å². The Kier molecular flexibility index (Phi) is 9.11. The number of carbonyl (C=O) groups is 5. The largest absolute Gasteiger partial charge is 0.480 e. The molecule has 0 saturated heterocycles. The molecule has 190 valence electrons. The lowest BCUT2D eigenvalue weighted by molar-refractivity contribution is -0.139. The Balaban J connectivity index is 1.92. The Morgan fingerprint density at radius 3 is 2.36 bits per heavy atom. The van der Waals surface area contributed by atoms with Crippen molar-refractivity contribution in [2.24, 2.45) is 0 Å². The summed E-state index contributed by atoms with van der Waals surface area (Å²) < 4.78 is 0. The second kappa shape index (κ2) is 12.4. The number of hydrogen-bond donors (Lipinski definition) is 6. The van der Waals surface area contributed by atoms with E-state index in [1.54, 1.807) is 0 Å². The van der Waals surface area contributed by atoms with Gasteiger partial charge in [0.05, 0.1) is 0 Å². The molecule has 2 heterocycles. The number of aromatic nitrogens is 1. The number of carbonyl (C=O) groups excluding carboxylic acids is 3. The Morgan fingerprint density at radius 2 is 1.69 bits per heavy atom. The van der Waals surface area contributed by atoms with E-state index in [4.69, 9.17) is 5.11 Å². The predicted octanol–water partition coefficient (Wildman–Crippen LogP) is 0.385. The molecule has 0 fully saturated rings. The summed E-state index contributed by atoms with van der Waals surface area (Å²) in [7, 11) is 0. The summed E-state index contributed by atoms with van der Waals surface area (Å²) in [5, 5.41) is 30.3. The molecule has 0 aliphatic carbocycles. The van der Waals surface area contributed by atoms with Crippen LogP contribution in [0.3, 0.4) is 0 Å². The van der Waals surface area contributed by atoms with Gasteiger partial charge in [0.25, 0.3) is 5.91 Å². The highest BCUT2D eigenvalue weighted by atomic mass is 32.1.